The van der Waals surface area contributed by atoms with Gasteiger partial charge in [0.2, 0.25) is 0 Å². The van der Waals surface area contributed by atoms with Crippen molar-refractivity contribution in [1.29, 1.82) is 0 Å². The van der Waals surface area contributed by atoms with E-state index in [2.05, 4.69) is 9.72 Å². The molecule has 1 aromatic carbocycles. The number of hydrogen-bond donors (Lipinski definition) is 2. The molecule has 1 fully saturated rings. The van der Waals surface area contributed by atoms with Crippen LogP contribution >= 0.6 is 0 Å². The zero-order valence-corrected chi connectivity index (χ0v) is 10.7. The largest absolute Gasteiger partial charge is 0.447 e. The summed E-state index contributed by atoms with van der Waals surface area (Å²) in [6.07, 6.45) is -5.52. The first-order valence-corrected chi connectivity index (χ1v) is 5.98. The number of alkyl carbamates (subject to hydrolysis) is 1. The number of fused-ring (bicyclic) bond motifs is 1. The number of ether oxygens (including phenoxy) is 1. The van der Waals surface area contributed by atoms with Gasteiger partial charge in [-0.2, -0.15) is 0 Å². The first-order chi connectivity index (χ1) is 15.5. The molecule has 2 aromatic rings. The molecule has 21 heavy (non-hydrogen) atoms. The van der Waals surface area contributed by atoms with E-state index in [1.54, 1.807) is 0 Å². The van der Waals surface area contributed by atoms with Crippen LogP contribution in [0.1, 0.15) is 30.3 Å². The average molecular weight is 301 g/mol. The first-order valence-electron chi connectivity index (χ1n) is 13.0. The molecular formula is C16H21N3O2. The Balaban J connectivity index is 2.12. The van der Waals surface area contributed by atoms with Gasteiger partial charge in [-0.25, -0.2) is 4.79 Å². The van der Waals surface area contributed by atoms with Crippen LogP contribution in [0.4, 0.5) is 4.79 Å². The highest BCUT2D eigenvalue weighted by Gasteiger charge is 2.22. The molecule has 0 aliphatic carbocycles. The monoisotopic (exact) mass is 301 g/mol. The summed E-state index contributed by atoms with van der Waals surface area (Å²) in [5.74, 6) is 0. The summed E-state index contributed by atoms with van der Waals surface area (Å²) in [5, 5.41) is 1.85. The number of H-pyrrole nitrogens is 1. The third kappa shape index (κ3) is 3.19. The summed E-state index contributed by atoms with van der Waals surface area (Å²) < 4.78 is 115. The standard InChI is InChI=1S/C16H21N3O2/c1-19(2)6-5-12-9-17-15-4-3-11(8-14(12)15)7-13-10-21-16(20)18-13/h3-4,8-9,13,17H,5-7,10H2,1-2H3,(H,18,20)/t13-/m0/s1/i1D3,2D3,6D2,7D2,9D,10D2,13D. The number of aromatic amines is 1. The van der Waals surface area contributed by atoms with Crippen molar-refractivity contribution >= 4 is 17.0 Å². The van der Waals surface area contributed by atoms with Crippen LogP contribution in [0.5, 0.6) is 0 Å². The van der Waals surface area contributed by atoms with Crippen molar-refractivity contribution in [1.82, 2.24) is 15.2 Å². The van der Waals surface area contributed by atoms with E-state index in [1.165, 1.54) is 12.1 Å². The van der Waals surface area contributed by atoms with Gasteiger partial charge in [-0.3, -0.25) is 0 Å². The molecule has 1 amide bonds. The molecule has 2 heterocycles. The lowest BCUT2D eigenvalue weighted by Crippen LogP contribution is -2.28. The van der Waals surface area contributed by atoms with E-state index in [-0.39, 0.29) is 33.1 Å². The van der Waals surface area contributed by atoms with Gasteiger partial charge in [0.15, 0.2) is 0 Å². The van der Waals surface area contributed by atoms with Gasteiger partial charge in [-0.05, 0) is 50.0 Å². The molecule has 1 saturated heterocycles. The van der Waals surface area contributed by atoms with Gasteiger partial charge in [0.05, 0.1) is 11.5 Å². The molecule has 1 aliphatic rings. The number of cyclic esters (lactones) is 1. The summed E-state index contributed by atoms with van der Waals surface area (Å²) >= 11 is 0. The first kappa shape index (κ1) is 5.02. The third-order valence-corrected chi connectivity index (χ3v) is 2.85. The Hall–Kier alpha value is -2.01. The predicted molar refractivity (Wildman–Crippen MR) is 82.5 cm³/mol. The number of hydrogen-bond acceptors (Lipinski definition) is 3. The molecule has 112 valence electrons. The Labute approximate surface area is 143 Å². The van der Waals surface area contributed by atoms with Crippen LogP contribution in [-0.2, 0) is 17.5 Å². The van der Waals surface area contributed by atoms with Crippen molar-refractivity contribution in [2.24, 2.45) is 0 Å². The molecule has 2 N–H and O–H groups in total. The summed E-state index contributed by atoms with van der Waals surface area (Å²) in [4.78, 5) is 13.9. The van der Waals surface area contributed by atoms with Crippen molar-refractivity contribution < 1.29 is 28.7 Å². The van der Waals surface area contributed by atoms with Crippen molar-refractivity contribution in [2.75, 3.05) is 27.0 Å². The van der Waals surface area contributed by atoms with E-state index in [9.17, 15) is 4.79 Å². The van der Waals surface area contributed by atoms with Crippen molar-refractivity contribution in [3.8, 4) is 0 Å². The van der Waals surface area contributed by atoms with Crippen LogP contribution < -0.4 is 5.32 Å². The van der Waals surface area contributed by atoms with E-state index < -0.39 is 51.9 Å². The number of carbonyl (C=O) groups is 1. The maximum atomic E-state index is 11.6. The van der Waals surface area contributed by atoms with Crippen molar-refractivity contribution in [3.63, 3.8) is 0 Å². The summed E-state index contributed by atoms with van der Waals surface area (Å²) in [5.41, 5.74) is -0.308. The van der Waals surface area contributed by atoms with Gasteiger partial charge >= 0.3 is 6.09 Å². The van der Waals surface area contributed by atoms with Gasteiger partial charge < -0.3 is 19.9 Å². The Morgan fingerprint density at radius 1 is 1.67 bits per heavy atom. The Bertz CT molecular complexity index is 1140. The highest BCUT2D eigenvalue weighted by Crippen LogP contribution is 2.21. The van der Waals surface area contributed by atoms with Crippen LogP contribution in [0.3, 0.4) is 0 Å². The minimum atomic E-state index is -3.35. The minimum Gasteiger partial charge on any atom is -0.447 e. The topological polar surface area (TPSA) is 57.4 Å². The molecule has 0 unspecified atom stereocenters. The average Bonchev–Trinajstić information content (AvgIpc) is 3.03. The molecule has 1 aliphatic heterocycles. The van der Waals surface area contributed by atoms with E-state index in [0.717, 1.165) is 6.07 Å². The minimum absolute atomic E-state index is 0.0192. The van der Waals surface area contributed by atoms with Gasteiger partial charge in [-0.15, -0.1) is 0 Å². The second kappa shape index (κ2) is 5.77. The zero-order chi connectivity index (χ0) is 27.0. The van der Waals surface area contributed by atoms with Gasteiger partial charge in [0.25, 0.3) is 0 Å². The summed E-state index contributed by atoms with van der Waals surface area (Å²) in [7, 11) is 0. The SMILES string of the molecule is [2H]c1[nH]c2ccc(C([2H])([2H])[C@]3([2H])NC(=O)OC3([2H])[2H])cc2c1CC([2H])([2H])N(C([2H])([2H])[2H])C([2H])([2H])[2H]. The Morgan fingerprint density at radius 2 is 2.57 bits per heavy atom. The molecular weight excluding hydrogens is 266 g/mol. The van der Waals surface area contributed by atoms with Crippen LogP contribution in [0.2, 0.25) is 0 Å². The maximum absolute atomic E-state index is 11.6. The van der Waals surface area contributed by atoms with E-state index >= 15 is 0 Å². The number of aromatic nitrogens is 1. The van der Waals surface area contributed by atoms with E-state index in [0.29, 0.717) is 0 Å². The lowest BCUT2D eigenvalue weighted by molar-refractivity contribution is 0.177. The fourth-order valence-electron chi connectivity index (χ4n) is 1.94. The van der Waals surface area contributed by atoms with E-state index in [4.69, 9.17) is 19.2 Å². The summed E-state index contributed by atoms with van der Waals surface area (Å²) in [6, 6.07) is 0.631. The van der Waals surface area contributed by atoms with Crippen LogP contribution in [0, 0.1) is 0 Å². The van der Waals surface area contributed by atoms with Gasteiger partial charge in [0.1, 0.15) is 6.56 Å². The Kier molecular flexibility index (Phi) is 1.38. The fraction of sp³-hybridized carbons (Fsp3) is 0.438. The molecule has 0 saturated carbocycles. The molecule has 1 aromatic heterocycles. The quantitative estimate of drug-likeness (QED) is 0.887. The smallest absolute Gasteiger partial charge is 0.407 e. The number of likely N-dealkylation sites (N-methyl/N-ethyl adjacent to an activating group) is 1. The summed E-state index contributed by atoms with van der Waals surface area (Å²) in [6.45, 7) is -12.8. The normalized spacial score (nSPS) is 36.5. The van der Waals surface area contributed by atoms with Crippen molar-refractivity contribution in [2.45, 2.75) is 18.8 Å². The van der Waals surface area contributed by atoms with Crippen molar-refractivity contribution in [3.05, 3.63) is 35.5 Å². The number of aryl methyl sites for hydroxylation is 1. The molecule has 5 heteroatoms. The fourth-order valence-corrected chi connectivity index (χ4v) is 1.94. The van der Waals surface area contributed by atoms with Crippen LogP contribution in [-0.4, -0.2) is 49.0 Å². The third-order valence-electron chi connectivity index (χ3n) is 2.85. The second-order valence-electron chi connectivity index (χ2n) is 4.28. The molecule has 0 spiro atoms. The zero-order valence-electron chi connectivity index (χ0n) is 24.7. The van der Waals surface area contributed by atoms with Crippen LogP contribution in [0.25, 0.3) is 10.9 Å². The molecule has 0 bridgehead atoms. The van der Waals surface area contributed by atoms with Gasteiger partial charge in [0, 0.05) is 37.3 Å². The highest BCUT2D eigenvalue weighted by molar-refractivity contribution is 5.84. The Morgan fingerprint density at radius 3 is 3.33 bits per heavy atom. The molecule has 0 radical (unpaired) electrons. The number of rotatable bonds is 5. The van der Waals surface area contributed by atoms with E-state index in [1.807, 2.05) is 5.32 Å². The van der Waals surface area contributed by atoms with Crippen LogP contribution in [0.15, 0.2) is 24.4 Å². The molecule has 1 atom stereocenters. The number of nitrogens with one attached hydrogen (secondary N) is 2. The number of nitrogens with zero attached hydrogens (tertiary/aromatic N) is 1. The highest BCUT2D eigenvalue weighted by atomic mass is 16.6. The molecule has 3 rings (SSSR count). The lowest BCUT2D eigenvalue weighted by atomic mass is 10.0. The molecule has 5 nitrogen and oxygen atoms in total. The predicted octanol–water partition coefficient (Wildman–Crippen LogP) is 1.92. The number of carbonyl (C=O) groups excluding carboxylic acids is 1. The second-order valence-corrected chi connectivity index (χ2v) is 4.28. The van der Waals surface area contributed by atoms with Gasteiger partial charge in [-0.1, -0.05) is 6.07 Å². The lowest BCUT2D eigenvalue weighted by Gasteiger charge is -2.09. The number of benzene rings is 1. The number of amides is 1. The maximum Gasteiger partial charge on any atom is 0.407 e.